The standard InChI is InChI=1S/C11H11BrN2OS/c1-7-6-16-11(14-7)3-10(15)8-2-9(12)5-13-4-8/h2,4-6,10,15H,3H2,1H3. The molecule has 3 nitrogen and oxygen atoms in total. The number of halogens is 1. The van der Waals surface area contributed by atoms with E-state index in [1.807, 2.05) is 18.4 Å². The Kier molecular flexibility index (Phi) is 3.68. The lowest BCUT2D eigenvalue weighted by Gasteiger charge is -2.08. The lowest BCUT2D eigenvalue weighted by molar-refractivity contribution is 0.178. The van der Waals surface area contributed by atoms with Crippen molar-refractivity contribution < 1.29 is 5.11 Å². The molecule has 5 heteroatoms. The van der Waals surface area contributed by atoms with Crippen molar-refractivity contribution in [3.05, 3.63) is 44.6 Å². The predicted octanol–water partition coefficient (Wildman–Crippen LogP) is 2.89. The maximum absolute atomic E-state index is 10.0. The summed E-state index contributed by atoms with van der Waals surface area (Å²) in [4.78, 5) is 8.35. The lowest BCUT2D eigenvalue weighted by Crippen LogP contribution is -2.02. The van der Waals surface area contributed by atoms with Gasteiger partial charge in [-0.1, -0.05) is 0 Å². The van der Waals surface area contributed by atoms with Gasteiger partial charge in [-0.15, -0.1) is 11.3 Å². The molecule has 1 N–H and O–H groups in total. The highest BCUT2D eigenvalue weighted by Gasteiger charge is 2.11. The van der Waals surface area contributed by atoms with E-state index in [0.717, 1.165) is 20.7 Å². The third-order valence-corrected chi connectivity index (χ3v) is 3.57. The smallest absolute Gasteiger partial charge is 0.0957 e. The molecule has 0 aliphatic heterocycles. The van der Waals surface area contributed by atoms with Gasteiger partial charge in [0.25, 0.3) is 0 Å². The average Bonchev–Trinajstić information content (AvgIpc) is 2.64. The van der Waals surface area contributed by atoms with E-state index in [-0.39, 0.29) is 0 Å². The van der Waals surface area contributed by atoms with Crippen molar-refractivity contribution in [2.24, 2.45) is 0 Å². The topological polar surface area (TPSA) is 46.0 Å². The monoisotopic (exact) mass is 298 g/mol. The van der Waals surface area contributed by atoms with Gasteiger partial charge in [0.15, 0.2) is 0 Å². The van der Waals surface area contributed by atoms with Crippen LogP contribution in [0, 0.1) is 6.92 Å². The van der Waals surface area contributed by atoms with E-state index in [1.165, 1.54) is 0 Å². The molecule has 0 saturated heterocycles. The predicted molar refractivity (Wildman–Crippen MR) is 67.5 cm³/mol. The summed E-state index contributed by atoms with van der Waals surface area (Å²) in [6.45, 7) is 1.95. The van der Waals surface area contributed by atoms with Crippen molar-refractivity contribution in [2.45, 2.75) is 19.4 Å². The van der Waals surface area contributed by atoms with Crippen molar-refractivity contribution in [3.63, 3.8) is 0 Å². The molecular weight excluding hydrogens is 288 g/mol. The molecule has 0 bridgehead atoms. The van der Waals surface area contributed by atoms with Crippen LogP contribution in [0.2, 0.25) is 0 Å². The maximum Gasteiger partial charge on any atom is 0.0957 e. The second kappa shape index (κ2) is 5.03. The van der Waals surface area contributed by atoms with Gasteiger partial charge in [-0.25, -0.2) is 4.98 Å². The Labute approximate surface area is 106 Å². The molecule has 84 valence electrons. The SMILES string of the molecule is Cc1csc(CC(O)c2cncc(Br)c2)n1. The zero-order valence-electron chi connectivity index (χ0n) is 8.72. The van der Waals surface area contributed by atoms with Crippen LogP contribution >= 0.6 is 27.3 Å². The highest BCUT2D eigenvalue weighted by atomic mass is 79.9. The Morgan fingerprint density at radius 2 is 2.31 bits per heavy atom. The Hall–Kier alpha value is -0.780. The van der Waals surface area contributed by atoms with Gasteiger partial charge < -0.3 is 5.11 Å². The first kappa shape index (κ1) is 11.7. The second-order valence-electron chi connectivity index (χ2n) is 3.54. The number of aryl methyl sites for hydroxylation is 1. The lowest BCUT2D eigenvalue weighted by atomic mass is 10.1. The summed E-state index contributed by atoms with van der Waals surface area (Å²) in [6, 6.07) is 1.87. The van der Waals surface area contributed by atoms with Gasteiger partial charge >= 0.3 is 0 Å². The number of pyridine rings is 1. The minimum Gasteiger partial charge on any atom is -0.388 e. The minimum atomic E-state index is -0.546. The van der Waals surface area contributed by atoms with Gasteiger partial charge in [-0.05, 0) is 28.9 Å². The fourth-order valence-electron chi connectivity index (χ4n) is 1.39. The fourth-order valence-corrected chi connectivity index (χ4v) is 2.58. The van der Waals surface area contributed by atoms with E-state index < -0.39 is 6.10 Å². The average molecular weight is 299 g/mol. The molecule has 0 amide bonds. The maximum atomic E-state index is 10.0. The van der Waals surface area contributed by atoms with E-state index in [2.05, 4.69) is 25.9 Å². The van der Waals surface area contributed by atoms with E-state index >= 15 is 0 Å². The van der Waals surface area contributed by atoms with Crippen LogP contribution in [-0.2, 0) is 6.42 Å². The highest BCUT2D eigenvalue weighted by Crippen LogP contribution is 2.22. The quantitative estimate of drug-likeness (QED) is 0.948. The van der Waals surface area contributed by atoms with Crippen molar-refractivity contribution in [1.82, 2.24) is 9.97 Å². The normalized spacial score (nSPS) is 12.7. The molecule has 0 spiro atoms. The molecule has 0 saturated carbocycles. The van der Waals surface area contributed by atoms with Gasteiger partial charge in [0, 0.05) is 39.9 Å². The van der Waals surface area contributed by atoms with Gasteiger partial charge in [0.2, 0.25) is 0 Å². The van der Waals surface area contributed by atoms with Crippen molar-refractivity contribution in [1.29, 1.82) is 0 Å². The molecule has 2 aromatic heterocycles. The molecule has 1 unspecified atom stereocenters. The molecule has 2 aromatic rings. The largest absolute Gasteiger partial charge is 0.388 e. The Morgan fingerprint density at radius 3 is 2.94 bits per heavy atom. The number of aliphatic hydroxyl groups excluding tert-OH is 1. The fraction of sp³-hybridized carbons (Fsp3) is 0.273. The van der Waals surface area contributed by atoms with Crippen LogP contribution in [0.1, 0.15) is 22.4 Å². The molecule has 2 heterocycles. The molecule has 16 heavy (non-hydrogen) atoms. The third-order valence-electron chi connectivity index (χ3n) is 2.15. The molecule has 0 radical (unpaired) electrons. The summed E-state index contributed by atoms with van der Waals surface area (Å²) in [7, 11) is 0. The van der Waals surface area contributed by atoms with Gasteiger partial charge in [0.1, 0.15) is 0 Å². The zero-order valence-corrected chi connectivity index (χ0v) is 11.1. The van der Waals surface area contributed by atoms with Crippen molar-refractivity contribution >= 4 is 27.3 Å². The number of aliphatic hydroxyl groups is 1. The summed E-state index contributed by atoms with van der Waals surface area (Å²) in [5, 5.41) is 12.9. The second-order valence-corrected chi connectivity index (χ2v) is 5.40. The number of aromatic nitrogens is 2. The molecule has 0 aliphatic carbocycles. The van der Waals surface area contributed by atoms with Crippen LogP contribution in [-0.4, -0.2) is 15.1 Å². The Bertz CT molecular complexity index is 486. The molecule has 0 fully saturated rings. The summed E-state index contributed by atoms with van der Waals surface area (Å²) < 4.78 is 0.874. The summed E-state index contributed by atoms with van der Waals surface area (Å²) in [5.41, 5.74) is 1.81. The van der Waals surface area contributed by atoms with Crippen molar-refractivity contribution in [2.75, 3.05) is 0 Å². The summed E-state index contributed by atoms with van der Waals surface area (Å²) >= 11 is 4.91. The highest BCUT2D eigenvalue weighted by molar-refractivity contribution is 9.10. The van der Waals surface area contributed by atoms with Crippen LogP contribution in [0.15, 0.2) is 28.3 Å². The van der Waals surface area contributed by atoms with E-state index in [0.29, 0.717) is 6.42 Å². The van der Waals surface area contributed by atoms with Crippen LogP contribution in [0.4, 0.5) is 0 Å². The van der Waals surface area contributed by atoms with E-state index in [9.17, 15) is 5.11 Å². The number of hydrogen-bond donors (Lipinski definition) is 1. The van der Waals surface area contributed by atoms with E-state index in [1.54, 1.807) is 23.7 Å². The number of nitrogens with zero attached hydrogens (tertiary/aromatic N) is 2. The zero-order chi connectivity index (χ0) is 11.5. The molecule has 2 rings (SSSR count). The van der Waals surface area contributed by atoms with Crippen LogP contribution < -0.4 is 0 Å². The number of hydrogen-bond acceptors (Lipinski definition) is 4. The molecule has 0 aliphatic rings. The first-order valence-electron chi connectivity index (χ1n) is 4.84. The number of thiazole rings is 1. The summed E-state index contributed by atoms with van der Waals surface area (Å²) in [6.07, 6.45) is 3.37. The van der Waals surface area contributed by atoms with Crippen molar-refractivity contribution in [3.8, 4) is 0 Å². The van der Waals surface area contributed by atoms with Crippen LogP contribution in [0.25, 0.3) is 0 Å². The Balaban J connectivity index is 2.11. The molecule has 1 atom stereocenters. The first-order valence-corrected chi connectivity index (χ1v) is 6.52. The number of rotatable bonds is 3. The van der Waals surface area contributed by atoms with Gasteiger partial charge in [-0.3, -0.25) is 4.98 Å². The van der Waals surface area contributed by atoms with Gasteiger partial charge in [-0.2, -0.15) is 0 Å². The molecule has 0 aromatic carbocycles. The third kappa shape index (κ3) is 2.87. The molecular formula is C11H11BrN2OS. The van der Waals surface area contributed by atoms with Gasteiger partial charge in [0.05, 0.1) is 11.1 Å². The Morgan fingerprint density at radius 1 is 1.50 bits per heavy atom. The van der Waals surface area contributed by atoms with Crippen LogP contribution in [0.3, 0.4) is 0 Å². The van der Waals surface area contributed by atoms with E-state index in [4.69, 9.17) is 0 Å². The first-order chi connectivity index (χ1) is 7.65. The minimum absolute atomic E-state index is 0.538. The summed E-state index contributed by atoms with van der Waals surface area (Å²) in [5.74, 6) is 0. The van der Waals surface area contributed by atoms with Crippen LogP contribution in [0.5, 0.6) is 0 Å².